The second-order valence-corrected chi connectivity index (χ2v) is 7.96. The Kier molecular flexibility index (Phi) is 6.43. The van der Waals surface area contributed by atoms with Gasteiger partial charge in [-0.25, -0.2) is 0 Å². The molecular formula is C20H38. The molecule has 0 aromatic heterocycles. The third-order valence-corrected chi connectivity index (χ3v) is 6.45. The van der Waals surface area contributed by atoms with Crippen molar-refractivity contribution in [3.8, 4) is 0 Å². The van der Waals surface area contributed by atoms with Gasteiger partial charge < -0.3 is 0 Å². The smallest absolute Gasteiger partial charge is 0.0354 e. The molecular weight excluding hydrogens is 240 g/mol. The Labute approximate surface area is 128 Å². The number of hydrogen-bond donors (Lipinski definition) is 0. The van der Waals surface area contributed by atoms with Crippen LogP contribution in [-0.4, -0.2) is 0 Å². The van der Waals surface area contributed by atoms with Crippen LogP contribution in [-0.2, 0) is 0 Å². The fraction of sp³-hybridized carbons (Fsp3) is 1.00. The molecule has 0 amide bonds. The Bertz CT molecular complexity index is 261. The van der Waals surface area contributed by atoms with Crippen molar-refractivity contribution < 1.29 is 0 Å². The van der Waals surface area contributed by atoms with E-state index in [1.54, 1.807) is 19.3 Å². The number of unbranched alkanes of at least 4 members (excludes halogenated alkanes) is 2. The summed E-state index contributed by atoms with van der Waals surface area (Å²) in [7, 11) is 0. The summed E-state index contributed by atoms with van der Waals surface area (Å²) < 4.78 is 0. The molecule has 0 nitrogen and oxygen atoms in total. The van der Waals surface area contributed by atoms with Gasteiger partial charge in [0.25, 0.3) is 0 Å². The zero-order valence-corrected chi connectivity index (χ0v) is 14.5. The first-order chi connectivity index (χ1) is 9.71. The van der Waals surface area contributed by atoms with Gasteiger partial charge in [0.05, 0.1) is 0 Å². The summed E-state index contributed by atoms with van der Waals surface area (Å²) in [5.41, 5.74) is 0. The Morgan fingerprint density at radius 3 is 2.00 bits per heavy atom. The van der Waals surface area contributed by atoms with Gasteiger partial charge in [-0.2, -0.15) is 0 Å². The van der Waals surface area contributed by atoms with E-state index in [0.717, 1.165) is 35.5 Å². The molecule has 2 rings (SSSR count). The maximum atomic E-state index is 2.59. The van der Waals surface area contributed by atoms with Crippen molar-refractivity contribution in [1.29, 1.82) is 0 Å². The molecule has 0 heterocycles. The molecule has 0 spiro atoms. The zero-order valence-electron chi connectivity index (χ0n) is 14.5. The normalized spacial score (nSPS) is 33.5. The van der Waals surface area contributed by atoms with Crippen LogP contribution in [0.3, 0.4) is 0 Å². The van der Waals surface area contributed by atoms with Crippen LogP contribution in [0.5, 0.6) is 0 Å². The quantitative estimate of drug-likeness (QED) is 0.395. The highest BCUT2D eigenvalue weighted by Gasteiger charge is 2.47. The van der Waals surface area contributed by atoms with Crippen LogP contribution in [0, 0.1) is 35.5 Å². The maximum absolute atomic E-state index is 2.59. The topological polar surface area (TPSA) is 0 Å². The van der Waals surface area contributed by atoms with Crippen molar-refractivity contribution in [2.45, 2.75) is 91.9 Å². The van der Waals surface area contributed by atoms with E-state index in [1.165, 1.54) is 44.9 Å². The van der Waals surface area contributed by atoms with Crippen LogP contribution in [0.4, 0.5) is 0 Å². The Morgan fingerprint density at radius 1 is 0.850 bits per heavy atom. The fourth-order valence-corrected chi connectivity index (χ4v) is 4.63. The fourth-order valence-electron chi connectivity index (χ4n) is 4.63. The van der Waals surface area contributed by atoms with Gasteiger partial charge in [0, 0.05) is 0 Å². The van der Waals surface area contributed by atoms with E-state index in [1.807, 2.05) is 0 Å². The molecule has 2 aliphatic carbocycles. The summed E-state index contributed by atoms with van der Waals surface area (Å²) in [6.45, 7) is 9.66. The highest BCUT2D eigenvalue weighted by Crippen LogP contribution is 2.56. The minimum absolute atomic E-state index is 1.01. The molecule has 2 aliphatic rings. The molecule has 0 heteroatoms. The predicted molar refractivity (Wildman–Crippen MR) is 89.8 cm³/mol. The van der Waals surface area contributed by atoms with Crippen molar-refractivity contribution >= 4 is 0 Å². The molecule has 118 valence electrons. The minimum Gasteiger partial charge on any atom is -0.0654 e. The van der Waals surface area contributed by atoms with Crippen molar-refractivity contribution in [2.24, 2.45) is 35.5 Å². The maximum Gasteiger partial charge on any atom is -0.0354 e. The van der Waals surface area contributed by atoms with Crippen LogP contribution in [0.25, 0.3) is 0 Å². The van der Waals surface area contributed by atoms with Gasteiger partial charge in [0.2, 0.25) is 0 Å². The van der Waals surface area contributed by atoms with Crippen molar-refractivity contribution in [2.75, 3.05) is 0 Å². The van der Waals surface area contributed by atoms with E-state index in [-0.39, 0.29) is 0 Å². The molecule has 20 heavy (non-hydrogen) atoms. The molecule has 2 fully saturated rings. The molecule has 0 radical (unpaired) electrons. The Balaban J connectivity index is 1.72. The molecule has 0 N–H and O–H groups in total. The lowest BCUT2D eigenvalue weighted by molar-refractivity contribution is 0.260. The highest BCUT2D eigenvalue weighted by atomic mass is 14.5. The summed E-state index contributed by atoms with van der Waals surface area (Å²) in [6, 6.07) is 0. The Hall–Kier alpha value is 0. The van der Waals surface area contributed by atoms with Crippen LogP contribution >= 0.6 is 0 Å². The van der Waals surface area contributed by atoms with E-state index in [9.17, 15) is 0 Å². The first kappa shape index (κ1) is 16.4. The van der Waals surface area contributed by atoms with Crippen molar-refractivity contribution in [3.05, 3.63) is 0 Å². The second kappa shape index (κ2) is 7.85. The van der Waals surface area contributed by atoms with Gasteiger partial charge >= 0.3 is 0 Å². The molecule has 0 aromatic carbocycles. The summed E-state index contributed by atoms with van der Waals surface area (Å²) >= 11 is 0. The SMILES string of the molecule is CCCCC(CCCC)C(C)C1CC1CC1CC1CC. The average molecular weight is 279 g/mol. The van der Waals surface area contributed by atoms with Gasteiger partial charge in [-0.05, 0) is 54.8 Å². The summed E-state index contributed by atoms with van der Waals surface area (Å²) in [4.78, 5) is 0. The van der Waals surface area contributed by atoms with Crippen LogP contribution in [0.15, 0.2) is 0 Å². The molecule has 5 atom stereocenters. The largest absolute Gasteiger partial charge is 0.0654 e. The summed E-state index contributed by atoms with van der Waals surface area (Å²) in [6.07, 6.45) is 14.8. The van der Waals surface area contributed by atoms with Crippen LogP contribution in [0.1, 0.15) is 91.9 Å². The molecule has 5 unspecified atom stereocenters. The lowest BCUT2D eigenvalue weighted by Gasteiger charge is -2.24. The monoisotopic (exact) mass is 278 g/mol. The van der Waals surface area contributed by atoms with Gasteiger partial charge in [0.1, 0.15) is 0 Å². The predicted octanol–water partition coefficient (Wildman–Crippen LogP) is 6.69. The highest BCUT2D eigenvalue weighted by molar-refractivity contribution is 4.97. The van der Waals surface area contributed by atoms with Crippen LogP contribution < -0.4 is 0 Å². The number of hydrogen-bond acceptors (Lipinski definition) is 0. The van der Waals surface area contributed by atoms with Gasteiger partial charge in [-0.15, -0.1) is 0 Å². The first-order valence-electron chi connectivity index (χ1n) is 9.71. The molecule has 0 aromatic rings. The van der Waals surface area contributed by atoms with E-state index >= 15 is 0 Å². The zero-order chi connectivity index (χ0) is 14.5. The standard InChI is InChI=1S/C20H38/c1-5-8-10-17(11-9-6-2)15(4)20-14-19(20)13-18-12-16(18)7-3/h15-20H,5-14H2,1-4H3. The lowest BCUT2D eigenvalue weighted by atomic mass is 9.81. The van der Waals surface area contributed by atoms with Gasteiger partial charge in [0.15, 0.2) is 0 Å². The first-order valence-corrected chi connectivity index (χ1v) is 9.71. The Morgan fingerprint density at radius 2 is 1.50 bits per heavy atom. The third kappa shape index (κ3) is 4.50. The molecule has 2 saturated carbocycles. The molecule has 0 saturated heterocycles. The van der Waals surface area contributed by atoms with Crippen molar-refractivity contribution in [3.63, 3.8) is 0 Å². The van der Waals surface area contributed by atoms with E-state index in [4.69, 9.17) is 0 Å². The van der Waals surface area contributed by atoms with Crippen molar-refractivity contribution in [1.82, 2.24) is 0 Å². The summed E-state index contributed by atoms with van der Waals surface area (Å²) in [5.74, 6) is 6.52. The van der Waals surface area contributed by atoms with E-state index < -0.39 is 0 Å². The molecule has 0 aliphatic heterocycles. The van der Waals surface area contributed by atoms with Crippen LogP contribution in [0.2, 0.25) is 0 Å². The van der Waals surface area contributed by atoms with E-state index in [2.05, 4.69) is 27.7 Å². The second-order valence-electron chi connectivity index (χ2n) is 7.96. The average Bonchev–Trinajstić information content (AvgIpc) is 3.36. The third-order valence-electron chi connectivity index (χ3n) is 6.45. The van der Waals surface area contributed by atoms with Gasteiger partial charge in [-0.3, -0.25) is 0 Å². The summed E-state index contributed by atoms with van der Waals surface area (Å²) in [5, 5.41) is 0. The number of rotatable bonds is 11. The van der Waals surface area contributed by atoms with Gasteiger partial charge in [-0.1, -0.05) is 72.6 Å². The molecule has 0 bridgehead atoms. The van der Waals surface area contributed by atoms with E-state index in [0.29, 0.717) is 0 Å². The minimum atomic E-state index is 1.01. The lowest BCUT2D eigenvalue weighted by Crippen LogP contribution is -2.15.